The number of ketones is 1. The van der Waals surface area contributed by atoms with Gasteiger partial charge in [-0.25, -0.2) is 4.68 Å². The first-order valence-electron chi connectivity index (χ1n) is 7.80. The maximum absolute atomic E-state index is 12.1. The van der Waals surface area contributed by atoms with Gasteiger partial charge in [0.1, 0.15) is 6.33 Å². The Morgan fingerprint density at radius 1 is 1.24 bits per heavy atom. The third kappa shape index (κ3) is 4.37. The van der Waals surface area contributed by atoms with Crippen LogP contribution in [0.1, 0.15) is 29.5 Å². The number of hydrogen-bond acceptors (Lipinski definition) is 6. The average Bonchev–Trinajstić information content (AvgIpc) is 3.29. The molecular formula is C17H17N5O3. The number of carbonyl (C=O) groups is 2. The standard InChI is InChI=1S/C17H17N5O3/c1-12(9-15(23)16-3-2-8-25-16)19-17(24)10-13-4-6-14(7-5-13)22-11-18-20-21-22/h2-8,11-12H,9-10H2,1H3,(H,19,24)/t12-/m1/s1. The normalized spacial score (nSPS) is 11.9. The van der Waals surface area contributed by atoms with E-state index in [1.807, 2.05) is 24.3 Å². The van der Waals surface area contributed by atoms with Gasteiger partial charge in [-0.1, -0.05) is 12.1 Å². The van der Waals surface area contributed by atoms with Gasteiger partial charge in [0.15, 0.2) is 11.5 Å². The lowest BCUT2D eigenvalue weighted by atomic mass is 10.1. The fraction of sp³-hybridized carbons (Fsp3) is 0.235. The quantitative estimate of drug-likeness (QED) is 0.656. The molecule has 0 fully saturated rings. The highest BCUT2D eigenvalue weighted by Crippen LogP contribution is 2.09. The Bertz CT molecular complexity index is 826. The Morgan fingerprint density at radius 3 is 2.68 bits per heavy atom. The van der Waals surface area contributed by atoms with Crippen molar-refractivity contribution < 1.29 is 14.0 Å². The molecule has 2 heterocycles. The summed E-state index contributed by atoms with van der Waals surface area (Å²) in [5, 5.41) is 13.8. The van der Waals surface area contributed by atoms with Crippen LogP contribution in [0.3, 0.4) is 0 Å². The van der Waals surface area contributed by atoms with Gasteiger partial charge in [-0.2, -0.15) is 0 Å². The number of rotatable bonds is 7. The van der Waals surface area contributed by atoms with Crippen LogP contribution in [0.5, 0.6) is 0 Å². The van der Waals surface area contributed by atoms with Crippen molar-refractivity contribution >= 4 is 11.7 Å². The summed E-state index contributed by atoms with van der Waals surface area (Å²) in [6.45, 7) is 1.79. The van der Waals surface area contributed by atoms with Crippen LogP contribution >= 0.6 is 0 Å². The number of nitrogens with one attached hydrogen (secondary N) is 1. The number of nitrogens with zero attached hydrogens (tertiary/aromatic N) is 4. The Morgan fingerprint density at radius 2 is 2.04 bits per heavy atom. The van der Waals surface area contributed by atoms with Gasteiger partial charge in [0.05, 0.1) is 18.4 Å². The van der Waals surface area contributed by atoms with Crippen molar-refractivity contribution in [3.63, 3.8) is 0 Å². The second kappa shape index (κ2) is 7.52. The highest BCUT2D eigenvalue weighted by atomic mass is 16.3. The van der Waals surface area contributed by atoms with Crippen molar-refractivity contribution in [2.75, 3.05) is 0 Å². The molecule has 8 nitrogen and oxygen atoms in total. The molecule has 128 valence electrons. The van der Waals surface area contributed by atoms with Crippen molar-refractivity contribution in [2.24, 2.45) is 0 Å². The molecule has 1 N–H and O–H groups in total. The van der Waals surface area contributed by atoms with Gasteiger partial charge in [0.25, 0.3) is 0 Å². The number of tetrazole rings is 1. The lowest BCUT2D eigenvalue weighted by Crippen LogP contribution is -2.35. The minimum atomic E-state index is -0.273. The first-order valence-corrected chi connectivity index (χ1v) is 7.80. The van der Waals surface area contributed by atoms with Gasteiger partial charge in [-0.05, 0) is 47.2 Å². The van der Waals surface area contributed by atoms with Crippen LogP contribution in [0.4, 0.5) is 0 Å². The van der Waals surface area contributed by atoms with Crippen molar-refractivity contribution in [1.82, 2.24) is 25.5 Å². The number of benzene rings is 1. The third-order valence-electron chi connectivity index (χ3n) is 3.61. The van der Waals surface area contributed by atoms with E-state index in [0.717, 1.165) is 11.3 Å². The molecule has 0 aliphatic rings. The summed E-state index contributed by atoms with van der Waals surface area (Å²) in [7, 11) is 0. The summed E-state index contributed by atoms with van der Waals surface area (Å²) in [4.78, 5) is 24.1. The Kier molecular flexibility index (Phi) is 4.98. The lowest BCUT2D eigenvalue weighted by Gasteiger charge is -2.12. The zero-order valence-electron chi connectivity index (χ0n) is 13.6. The number of Topliss-reactive ketones (excluding diaryl/α,β-unsaturated/α-hetero) is 1. The molecule has 0 saturated carbocycles. The van der Waals surface area contributed by atoms with Crippen molar-refractivity contribution in [1.29, 1.82) is 0 Å². The number of carbonyl (C=O) groups excluding carboxylic acids is 2. The van der Waals surface area contributed by atoms with Crippen molar-refractivity contribution in [3.05, 3.63) is 60.3 Å². The highest BCUT2D eigenvalue weighted by molar-refractivity contribution is 5.94. The highest BCUT2D eigenvalue weighted by Gasteiger charge is 2.15. The summed E-state index contributed by atoms with van der Waals surface area (Å²) in [5.74, 6) is 0.0257. The summed E-state index contributed by atoms with van der Waals surface area (Å²) < 4.78 is 6.59. The monoisotopic (exact) mass is 339 g/mol. The second-order valence-corrected chi connectivity index (χ2v) is 5.67. The molecule has 3 aromatic rings. The third-order valence-corrected chi connectivity index (χ3v) is 3.61. The maximum atomic E-state index is 12.1. The summed E-state index contributed by atoms with van der Waals surface area (Å²) >= 11 is 0. The van der Waals surface area contributed by atoms with E-state index in [4.69, 9.17) is 4.42 Å². The molecule has 0 unspecified atom stereocenters. The predicted octanol–water partition coefficient (Wildman–Crippen LogP) is 1.58. The first-order chi connectivity index (χ1) is 12.1. The maximum Gasteiger partial charge on any atom is 0.224 e. The van der Waals surface area contributed by atoms with E-state index in [0.29, 0.717) is 5.76 Å². The van der Waals surface area contributed by atoms with Crippen LogP contribution in [0, 0.1) is 0 Å². The Hall–Kier alpha value is -3.29. The number of amides is 1. The van der Waals surface area contributed by atoms with E-state index in [1.54, 1.807) is 19.1 Å². The van der Waals surface area contributed by atoms with Gasteiger partial charge >= 0.3 is 0 Å². The van der Waals surface area contributed by atoms with Crippen molar-refractivity contribution in [2.45, 2.75) is 25.8 Å². The molecule has 1 amide bonds. The fourth-order valence-corrected chi connectivity index (χ4v) is 2.42. The molecule has 25 heavy (non-hydrogen) atoms. The Balaban J connectivity index is 1.51. The van der Waals surface area contributed by atoms with E-state index >= 15 is 0 Å². The van der Waals surface area contributed by atoms with E-state index in [9.17, 15) is 9.59 Å². The van der Waals surface area contributed by atoms with E-state index in [-0.39, 0.29) is 30.6 Å². The SMILES string of the molecule is C[C@H](CC(=O)c1ccco1)NC(=O)Cc1ccc(-n2cnnn2)cc1. The summed E-state index contributed by atoms with van der Waals surface area (Å²) in [5.41, 5.74) is 1.67. The number of furan rings is 1. The van der Waals surface area contributed by atoms with Crippen molar-refractivity contribution in [3.8, 4) is 5.69 Å². The fourth-order valence-electron chi connectivity index (χ4n) is 2.42. The van der Waals surface area contributed by atoms with Gasteiger partial charge < -0.3 is 9.73 Å². The molecule has 0 bridgehead atoms. The Labute approximate surface area is 143 Å². The number of hydrogen-bond donors (Lipinski definition) is 1. The molecule has 0 spiro atoms. The van der Waals surface area contributed by atoms with Gasteiger partial charge in [-0.15, -0.1) is 5.10 Å². The lowest BCUT2D eigenvalue weighted by molar-refractivity contribution is -0.121. The van der Waals surface area contributed by atoms with Gasteiger partial charge in [-0.3, -0.25) is 9.59 Å². The minimum Gasteiger partial charge on any atom is -0.461 e. The van der Waals surface area contributed by atoms with Crippen LogP contribution in [-0.4, -0.2) is 37.9 Å². The molecule has 1 aromatic carbocycles. The van der Waals surface area contributed by atoms with Gasteiger partial charge in [0.2, 0.25) is 5.91 Å². The van der Waals surface area contributed by atoms with Crippen LogP contribution < -0.4 is 5.32 Å². The first kappa shape index (κ1) is 16.6. The van der Waals surface area contributed by atoms with E-state index in [2.05, 4.69) is 20.8 Å². The number of aromatic nitrogens is 4. The molecule has 0 saturated heterocycles. The molecule has 2 aromatic heterocycles. The zero-order chi connectivity index (χ0) is 17.6. The summed E-state index contributed by atoms with van der Waals surface area (Å²) in [6.07, 6.45) is 3.38. The van der Waals surface area contributed by atoms with E-state index in [1.165, 1.54) is 17.3 Å². The minimum absolute atomic E-state index is 0.136. The largest absolute Gasteiger partial charge is 0.461 e. The van der Waals surface area contributed by atoms with Crippen LogP contribution in [0.15, 0.2) is 53.4 Å². The molecule has 8 heteroatoms. The molecule has 3 rings (SSSR count). The predicted molar refractivity (Wildman–Crippen MR) is 88.1 cm³/mol. The zero-order valence-corrected chi connectivity index (χ0v) is 13.6. The smallest absolute Gasteiger partial charge is 0.224 e. The average molecular weight is 339 g/mol. The van der Waals surface area contributed by atoms with Crippen LogP contribution in [-0.2, 0) is 11.2 Å². The van der Waals surface area contributed by atoms with Crippen LogP contribution in [0.25, 0.3) is 5.69 Å². The van der Waals surface area contributed by atoms with E-state index < -0.39 is 0 Å². The topological polar surface area (TPSA) is 103 Å². The molecule has 0 aliphatic carbocycles. The van der Waals surface area contributed by atoms with Crippen LogP contribution in [0.2, 0.25) is 0 Å². The summed E-state index contributed by atoms with van der Waals surface area (Å²) in [6, 6.07) is 10.4. The molecule has 1 atom stereocenters. The molecular weight excluding hydrogens is 322 g/mol. The molecule has 0 aliphatic heterocycles. The van der Waals surface area contributed by atoms with Gasteiger partial charge in [0, 0.05) is 12.5 Å². The molecule has 0 radical (unpaired) electrons. The second-order valence-electron chi connectivity index (χ2n) is 5.67.